The smallest absolute Gasteiger partial charge is 0.123 e. The number of hydrogen-bond acceptors (Lipinski definition) is 1. The third-order valence-electron chi connectivity index (χ3n) is 2.44. The van der Waals surface area contributed by atoms with E-state index in [-0.39, 0.29) is 5.82 Å². The lowest BCUT2D eigenvalue weighted by Gasteiger charge is -2.22. The second-order valence-corrected chi connectivity index (χ2v) is 3.42. The van der Waals surface area contributed by atoms with E-state index in [0.717, 1.165) is 0 Å². The molecule has 2 rings (SSSR count). The number of rotatable bonds is 1. The monoisotopic (exact) mass is 178 g/mol. The first kappa shape index (κ1) is 8.45. The molecule has 0 amide bonds. The molecule has 1 aliphatic carbocycles. The van der Waals surface area contributed by atoms with E-state index in [1.807, 2.05) is 12.2 Å². The van der Waals surface area contributed by atoms with Gasteiger partial charge in [-0.15, -0.1) is 0 Å². The number of benzene rings is 1. The van der Waals surface area contributed by atoms with Crippen LogP contribution in [0.2, 0.25) is 0 Å². The summed E-state index contributed by atoms with van der Waals surface area (Å²) in [5, 5.41) is 10.1. The second-order valence-electron chi connectivity index (χ2n) is 3.42. The van der Waals surface area contributed by atoms with E-state index >= 15 is 0 Å². The summed E-state index contributed by atoms with van der Waals surface area (Å²) in [4.78, 5) is 0. The molecule has 0 heterocycles. The molecule has 0 atom stereocenters. The van der Waals surface area contributed by atoms with Gasteiger partial charge >= 0.3 is 0 Å². The van der Waals surface area contributed by atoms with Crippen LogP contribution in [0, 0.1) is 5.82 Å². The van der Waals surface area contributed by atoms with Crippen molar-refractivity contribution in [2.75, 3.05) is 0 Å². The van der Waals surface area contributed by atoms with Gasteiger partial charge in [-0.2, -0.15) is 0 Å². The summed E-state index contributed by atoms with van der Waals surface area (Å²) < 4.78 is 12.9. The minimum atomic E-state index is -0.873. The normalized spacial score (nSPS) is 19.2. The minimum Gasteiger partial charge on any atom is -0.385 e. The number of aliphatic hydroxyl groups is 1. The molecule has 0 fully saturated rings. The highest BCUT2D eigenvalue weighted by atomic mass is 19.1. The van der Waals surface area contributed by atoms with Crippen molar-refractivity contribution in [3.8, 4) is 0 Å². The van der Waals surface area contributed by atoms with Crippen LogP contribution in [0.25, 0.3) is 0 Å². The zero-order chi connectivity index (χ0) is 9.31. The van der Waals surface area contributed by atoms with Gasteiger partial charge in [0.05, 0.1) is 5.60 Å². The first-order valence-electron chi connectivity index (χ1n) is 4.34. The molecule has 0 unspecified atom stereocenters. The Hall–Kier alpha value is -1.15. The van der Waals surface area contributed by atoms with Crippen LogP contribution >= 0.6 is 0 Å². The average molecular weight is 178 g/mol. The lowest BCUT2D eigenvalue weighted by atomic mass is 9.91. The first-order chi connectivity index (χ1) is 6.21. The molecule has 0 aromatic heterocycles. The van der Waals surface area contributed by atoms with Crippen LogP contribution in [0.5, 0.6) is 0 Å². The Kier molecular flexibility index (Phi) is 1.93. The van der Waals surface area contributed by atoms with Gasteiger partial charge in [-0.25, -0.2) is 4.39 Å². The predicted molar refractivity (Wildman–Crippen MR) is 48.7 cm³/mol. The fraction of sp³-hybridized carbons (Fsp3) is 0.273. The molecule has 1 aromatic rings. The molecule has 1 nitrogen and oxygen atoms in total. The van der Waals surface area contributed by atoms with Gasteiger partial charge in [0.15, 0.2) is 0 Å². The van der Waals surface area contributed by atoms with Gasteiger partial charge in [0, 0.05) is 0 Å². The molecule has 0 aliphatic heterocycles. The van der Waals surface area contributed by atoms with E-state index in [0.29, 0.717) is 18.4 Å². The highest BCUT2D eigenvalue weighted by Crippen LogP contribution is 2.34. The molecule has 0 saturated carbocycles. The first-order valence-corrected chi connectivity index (χ1v) is 4.34. The zero-order valence-corrected chi connectivity index (χ0v) is 7.20. The van der Waals surface area contributed by atoms with Crippen LogP contribution in [0.3, 0.4) is 0 Å². The summed E-state index contributed by atoms with van der Waals surface area (Å²) in [7, 11) is 0. The van der Waals surface area contributed by atoms with E-state index in [1.165, 1.54) is 12.1 Å². The van der Waals surface area contributed by atoms with Crippen molar-refractivity contribution in [1.29, 1.82) is 0 Å². The lowest BCUT2D eigenvalue weighted by molar-refractivity contribution is 0.0506. The van der Waals surface area contributed by atoms with E-state index in [1.54, 1.807) is 12.1 Å². The molecule has 68 valence electrons. The Bertz CT molecular complexity index is 336. The van der Waals surface area contributed by atoms with E-state index in [9.17, 15) is 9.50 Å². The molecule has 0 saturated heterocycles. The van der Waals surface area contributed by atoms with Crippen molar-refractivity contribution in [3.05, 3.63) is 47.8 Å². The van der Waals surface area contributed by atoms with Crippen molar-refractivity contribution < 1.29 is 9.50 Å². The fourth-order valence-corrected chi connectivity index (χ4v) is 1.65. The maximum Gasteiger partial charge on any atom is 0.123 e. The van der Waals surface area contributed by atoms with Crippen molar-refractivity contribution in [2.24, 2.45) is 0 Å². The van der Waals surface area contributed by atoms with Crippen LogP contribution < -0.4 is 0 Å². The third-order valence-corrected chi connectivity index (χ3v) is 2.44. The predicted octanol–water partition coefficient (Wildman–Crippen LogP) is 2.36. The summed E-state index contributed by atoms with van der Waals surface area (Å²) in [5.41, 5.74) is -0.209. The minimum absolute atomic E-state index is 0.294. The Balaban J connectivity index is 2.35. The third kappa shape index (κ3) is 1.49. The quantitative estimate of drug-likeness (QED) is 0.654. The van der Waals surface area contributed by atoms with E-state index in [2.05, 4.69) is 0 Å². The standard InChI is InChI=1S/C11H11FO/c12-10-5-3-4-9(8-10)11(13)6-1-2-7-11/h1-5,8,13H,6-7H2. The Labute approximate surface area is 76.5 Å². The Morgan fingerprint density at radius 1 is 1.23 bits per heavy atom. The molecule has 1 N–H and O–H groups in total. The highest BCUT2D eigenvalue weighted by Gasteiger charge is 2.29. The van der Waals surface area contributed by atoms with Crippen molar-refractivity contribution in [2.45, 2.75) is 18.4 Å². The summed E-state index contributed by atoms with van der Waals surface area (Å²) in [6.45, 7) is 0. The molecule has 0 spiro atoms. The molecule has 1 aliphatic rings. The van der Waals surface area contributed by atoms with Gasteiger partial charge in [-0.05, 0) is 30.5 Å². The zero-order valence-electron chi connectivity index (χ0n) is 7.20. The van der Waals surface area contributed by atoms with Crippen LogP contribution in [0.1, 0.15) is 18.4 Å². The lowest BCUT2D eigenvalue weighted by Crippen LogP contribution is -2.21. The second kappa shape index (κ2) is 2.96. The van der Waals surface area contributed by atoms with Gasteiger partial charge in [0.2, 0.25) is 0 Å². The van der Waals surface area contributed by atoms with Crippen molar-refractivity contribution in [3.63, 3.8) is 0 Å². The fourth-order valence-electron chi connectivity index (χ4n) is 1.65. The summed E-state index contributed by atoms with van der Waals surface area (Å²) in [6, 6.07) is 6.17. The highest BCUT2D eigenvalue weighted by molar-refractivity contribution is 5.27. The van der Waals surface area contributed by atoms with E-state index in [4.69, 9.17) is 0 Å². The summed E-state index contributed by atoms with van der Waals surface area (Å²) in [6.07, 6.45) is 5.00. The Morgan fingerprint density at radius 2 is 1.92 bits per heavy atom. The van der Waals surface area contributed by atoms with Crippen molar-refractivity contribution >= 4 is 0 Å². The number of hydrogen-bond donors (Lipinski definition) is 1. The number of halogens is 1. The van der Waals surface area contributed by atoms with Gasteiger partial charge in [-0.1, -0.05) is 24.3 Å². The molecule has 0 bridgehead atoms. The molecular formula is C11H11FO. The topological polar surface area (TPSA) is 20.2 Å². The van der Waals surface area contributed by atoms with Gasteiger partial charge in [0.1, 0.15) is 5.82 Å². The van der Waals surface area contributed by atoms with Gasteiger partial charge in [0.25, 0.3) is 0 Å². The molecule has 1 aromatic carbocycles. The maximum absolute atomic E-state index is 12.9. The maximum atomic E-state index is 12.9. The molecule has 0 radical (unpaired) electrons. The summed E-state index contributed by atoms with van der Waals surface area (Å²) >= 11 is 0. The molecular weight excluding hydrogens is 167 g/mol. The van der Waals surface area contributed by atoms with Gasteiger partial charge < -0.3 is 5.11 Å². The Morgan fingerprint density at radius 3 is 2.54 bits per heavy atom. The van der Waals surface area contributed by atoms with Crippen LogP contribution in [0.15, 0.2) is 36.4 Å². The van der Waals surface area contributed by atoms with Crippen LogP contribution in [-0.4, -0.2) is 5.11 Å². The van der Waals surface area contributed by atoms with E-state index < -0.39 is 5.60 Å². The van der Waals surface area contributed by atoms with Crippen LogP contribution in [0.4, 0.5) is 4.39 Å². The van der Waals surface area contributed by atoms with Crippen LogP contribution in [-0.2, 0) is 5.60 Å². The summed E-state index contributed by atoms with van der Waals surface area (Å²) in [5.74, 6) is -0.294. The molecule has 13 heavy (non-hydrogen) atoms. The largest absolute Gasteiger partial charge is 0.385 e. The molecule has 2 heteroatoms. The van der Waals surface area contributed by atoms with Crippen molar-refractivity contribution in [1.82, 2.24) is 0 Å². The van der Waals surface area contributed by atoms with Gasteiger partial charge in [-0.3, -0.25) is 0 Å². The average Bonchev–Trinajstić information content (AvgIpc) is 2.54. The SMILES string of the molecule is OC1(c2cccc(F)c2)CC=CC1.